The fraction of sp³-hybridized carbons (Fsp3) is 0.167. The zero-order valence-electron chi connectivity index (χ0n) is 13.8. The molecule has 0 unspecified atom stereocenters. The summed E-state index contributed by atoms with van der Waals surface area (Å²) in [5, 5.41) is 2.16. The maximum Gasteiger partial charge on any atom is 0.338 e. The molecule has 0 saturated heterocycles. The van der Waals surface area contributed by atoms with Gasteiger partial charge in [0, 0.05) is 4.90 Å². The van der Waals surface area contributed by atoms with Crippen LogP contribution in [0.4, 0.5) is 0 Å². The van der Waals surface area contributed by atoms with Gasteiger partial charge < -0.3 is 9.47 Å². The number of esters is 1. The number of benzene rings is 2. The molecule has 0 radical (unpaired) electrons. The standard InChI is InChI=1S/C18H17NO5S/c1-23-15-6-4-3-5-14(15)17(21)19-16(20)11-24-18(22)12-7-9-13(25-2)10-8-12/h3-10H,11H2,1-2H3,(H,19,20,21). The van der Waals surface area contributed by atoms with E-state index < -0.39 is 24.4 Å². The van der Waals surface area contributed by atoms with E-state index in [2.05, 4.69) is 5.32 Å². The molecule has 2 amide bonds. The second-order valence-electron chi connectivity index (χ2n) is 4.88. The van der Waals surface area contributed by atoms with Crippen molar-refractivity contribution < 1.29 is 23.9 Å². The molecule has 7 heteroatoms. The number of rotatable bonds is 6. The highest BCUT2D eigenvalue weighted by molar-refractivity contribution is 7.98. The van der Waals surface area contributed by atoms with Gasteiger partial charge in [0.05, 0.1) is 18.2 Å². The second-order valence-corrected chi connectivity index (χ2v) is 5.76. The predicted molar refractivity (Wildman–Crippen MR) is 94.0 cm³/mol. The van der Waals surface area contributed by atoms with Crippen molar-refractivity contribution in [1.29, 1.82) is 0 Å². The SMILES string of the molecule is COc1ccccc1C(=O)NC(=O)COC(=O)c1ccc(SC)cc1. The van der Waals surface area contributed by atoms with Crippen molar-refractivity contribution in [2.45, 2.75) is 4.90 Å². The number of nitrogens with one attached hydrogen (secondary N) is 1. The van der Waals surface area contributed by atoms with Gasteiger partial charge in [0.2, 0.25) is 0 Å². The van der Waals surface area contributed by atoms with Gasteiger partial charge in [-0.15, -0.1) is 11.8 Å². The fourth-order valence-corrected chi connectivity index (χ4v) is 2.41. The molecule has 0 fully saturated rings. The number of amides is 2. The van der Waals surface area contributed by atoms with E-state index in [0.717, 1.165) is 4.90 Å². The first-order valence-corrected chi connectivity index (χ1v) is 8.56. The van der Waals surface area contributed by atoms with Crippen molar-refractivity contribution in [2.75, 3.05) is 20.0 Å². The van der Waals surface area contributed by atoms with E-state index in [4.69, 9.17) is 9.47 Å². The van der Waals surface area contributed by atoms with Crippen LogP contribution in [-0.4, -0.2) is 37.8 Å². The van der Waals surface area contributed by atoms with Crippen LogP contribution < -0.4 is 10.1 Å². The molecule has 0 aliphatic carbocycles. The fourth-order valence-electron chi connectivity index (χ4n) is 2.00. The van der Waals surface area contributed by atoms with E-state index >= 15 is 0 Å². The van der Waals surface area contributed by atoms with Gasteiger partial charge in [-0.1, -0.05) is 12.1 Å². The molecule has 130 valence electrons. The van der Waals surface area contributed by atoms with E-state index in [-0.39, 0.29) is 5.56 Å². The summed E-state index contributed by atoms with van der Waals surface area (Å²) in [5.74, 6) is -1.63. The van der Waals surface area contributed by atoms with Crippen molar-refractivity contribution in [2.24, 2.45) is 0 Å². The van der Waals surface area contributed by atoms with E-state index in [9.17, 15) is 14.4 Å². The molecule has 2 rings (SSSR count). The number of ether oxygens (including phenoxy) is 2. The number of carbonyl (C=O) groups excluding carboxylic acids is 3. The summed E-state index contributed by atoms with van der Waals surface area (Å²) in [6.07, 6.45) is 1.93. The molecule has 0 saturated carbocycles. The van der Waals surface area contributed by atoms with Gasteiger partial charge in [-0.2, -0.15) is 0 Å². The second kappa shape index (κ2) is 8.89. The minimum absolute atomic E-state index is 0.220. The van der Waals surface area contributed by atoms with Gasteiger partial charge in [0.15, 0.2) is 6.61 Å². The van der Waals surface area contributed by atoms with Crippen LogP contribution in [0.15, 0.2) is 53.4 Å². The Bertz CT molecular complexity index is 773. The normalized spacial score (nSPS) is 10.0. The lowest BCUT2D eigenvalue weighted by molar-refractivity contribution is -0.123. The number of thioether (sulfide) groups is 1. The highest BCUT2D eigenvalue weighted by Gasteiger charge is 2.16. The summed E-state index contributed by atoms with van der Waals surface area (Å²) in [6.45, 7) is -0.552. The molecule has 0 heterocycles. The minimum Gasteiger partial charge on any atom is -0.496 e. The lowest BCUT2D eigenvalue weighted by Crippen LogP contribution is -2.34. The Morgan fingerprint density at radius 3 is 2.36 bits per heavy atom. The summed E-state index contributed by atoms with van der Waals surface area (Å²) in [7, 11) is 1.43. The monoisotopic (exact) mass is 359 g/mol. The van der Waals surface area contributed by atoms with Crippen molar-refractivity contribution in [3.05, 3.63) is 59.7 Å². The number of carbonyl (C=O) groups is 3. The van der Waals surface area contributed by atoms with Crippen LogP contribution in [0.5, 0.6) is 5.75 Å². The Labute approximate surface area is 149 Å². The third-order valence-corrected chi connectivity index (χ3v) is 4.01. The molecule has 0 bridgehead atoms. The van der Waals surface area contributed by atoms with Crippen LogP contribution in [0.1, 0.15) is 20.7 Å². The van der Waals surface area contributed by atoms with Crippen molar-refractivity contribution in [1.82, 2.24) is 5.32 Å². The molecule has 6 nitrogen and oxygen atoms in total. The Hall–Kier alpha value is -2.80. The smallest absolute Gasteiger partial charge is 0.338 e. The zero-order valence-corrected chi connectivity index (χ0v) is 14.6. The van der Waals surface area contributed by atoms with Crippen molar-refractivity contribution in [3.63, 3.8) is 0 Å². The maximum absolute atomic E-state index is 12.1. The summed E-state index contributed by atoms with van der Waals surface area (Å²) in [4.78, 5) is 36.8. The maximum atomic E-state index is 12.1. The minimum atomic E-state index is -0.718. The van der Waals surface area contributed by atoms with Crippen LogP contribution >= 0.6 is 11.8 Å². The summed E-state index contributed by atoms with van der Waals surface area (Å²) < 4.78 is 9.98. The predicted octanol–water partition coefficient (Wildman–Crippen LogP) is 2.53. The number of para-hydroxylation sites is 1. The molecule has 0 atom stereocenters. The first-order chi connectivity index (χ1) is 12.0. The molecule has 2 aromatic carbocycles. The largest absolute Gasteiger partial charge is 0.496 e. The Morgan fingerprint density at radius 1 is 1.04 bits per heavy atom. The first-order valence-electron chi connectivity index (χ1n) is 7.33. The molecule has 0 aromatic heterocycles. The highest BCUT2D eigenvalue weighted by Crippen LogP contribution is 2.17. The van der Waals surface area contributed by atoms with Crippen LogP contribution in [0.2, 0.25) is 0 Å². The average Bonchev–Trinajstić information content (AvgIpc) is 2.66. The lowest BCUT2D eigenvalue weighted by Gasteiger charge is -2.09. The van der Waals surface area contributed by atoms with Crippen molar-refractivity contribution >= 4 is 29.5 Å². The van der Waals surface area contributed by atoms with E-state index in [0.29, 0.717) is 11.3 Å². The third-order valence-electron chi connectivity index (χ3n) is 3.26. The van der Waals surface area contributed by atoms with Crippen molar-refractivity contribution in [3.8, 4) is 5.75 Å². The number of hydrogen-bond donors (Lipinski definition) is 1. The van der Waals surface area contributed by atoms with E-state index in [1.165, 1.54) is 13.2 Å². The molecular formula is C18H17NO5S. The van der Waals surface area contributed by atoms with Crippen LogP contribution in [0.25, 0.3) is 0 Å². The van der Waals surface area contributed by atoms with E-state index in [1.54, 1.807) is 54.2 Å². The highest BCUT2D eigenvalue weighted by atomic mass is 32.2. The number of imide groups is 1. The van der Waals surface area contributed by atoms with Gasteiger partial charge in [0.25, 0.3) is 11.8 Å². The molecule has 25 heavy (non-hydrogen) atoms. The Balaban J connectivity index is 1.89. The number of methoxy groups -OCH3 is 1. The van der Waals surface area contributed by atoms with Gasteiger partial charge in [-0.3, -0.25) is 14.9 Å². The summed E-state index contributed by atoms with van der Waals surface area (Å²) >= 11 is 1.55. The summed E-state index contributed by atoms with van der Waals surface area (Å²) in [5.41, 5.74) is 0.555. The number of hydrogen-bond acceptors (Lipinski definition) is 6. The molecule has 0 aliphatic rings. The zero-order chi connectivity index (χ0) is 18.2. The quantitative estimate of drug-likeness (QED) is 0.630. The molecule has 1 N–H and O–H groups in total. The molecule has 2 aromatic rings. The molecule has 0 aliphatic heterocycles. The van der Waals surface area contributed by atoms with Crippen LogP contribution in [-0.2, 0) is 9.53 Å². The molecule has 0 spiro atoms. The average molecular weight is 359 g/mol. The Morgan fingerprint density at radius 2 is 1.72 bits per heavy atom. The van der Waals surface area contributed by atoms with Gasteiger partial charge in [0.1, 0.15) is 5.75 Å². The topological polar surface area (TPSA) is 81.7 Å². The van der Waals surface area contributed by atoms with Crippen LogP contribution in [0.3, 0.4) is 0 Å². The van der Waals surface area contributed by atoms with Crippen LogP contribution in [0, 0.1) is 0 Å². The third kappa shape index (κ3) is 5.09. The van der Waals surface area contributed by atoms with Gasteiger partial charge in [-0.25, -0.2) is 4.79 Å². The Kier molecular flexibility index (Phi) is 6.59. The van der Waals surface area contributed by atoms with Gasteiger partial charge >= 0.3 is 5.97 Å². The van der Waals surface area contributed by atoms with E-state index in [1.807, 2.05) is 6.26 Å². The first kappa shape index (κ1) is 18.5. The van der Waals surface area contributed by atoms with Gasteiger partial charge in [-0.05, 0) is 42.7 Å². The summed E-state index contributed by atoms with van der Waals surface area (Å²) in [6, 6.07) is 13.3. The molecular weight excluding hydrogens is 342 g/mol. The lowest BCUT2D eigenvalue weighted by atomic mass is 10.2.